The predicted molar refractivity (Wildman–Crippen MR) is 110 cm³/mol. The molecule has 7 heteroatoms. The molecule has 0 saturated heterocycles. The van der Waals surface area contributed by atoms with E-state index in [4.69, 9.17) is 5.73 Å². The normalized spacial score (nSPS) is 19.1. The van der Waals surface area contributed by atoms with Crippen LogP contribution in [0.2, 0.25) is 0 Å². The third-order valence-electron chi connectivity index (χ3n) is 5.93. The van der Waals surface area contributed by atoms with Crippen LogP contribution in [0.4, 0.5) is 0 Å². The average Bonchev–Trinajstić information content (AvgIpc) is 2.97. The van der Waals surface area contributed by atoms with Gasteiger partial charge in [0.25, 0.3) is 5.56 Å². The van der Waals surface area contributed by atoms with E-state index in [0.717, 1.165) is 29.5 Å². The van der Waals surface area contributed by atoms with E-state index in [1.807, 2.05) is 20.8 Å². The highest BCUT2D eigenvalue weighted by molar-refractivity contribution is 7.18. The number of rotatable bonds is 6. The van der Waals surface area contributed by atoms with Crippen LogP contribution in [0.25, 0.3) is 10.2 Å². The van der Waals surface area contributed by atoms with Crippen molar-refractivity contribution in [3.8, 4) is 0 Å². The second kappa shape index (κ2) is 7.72. The lowest BCUT2D eigenvalue weighted by Gasteiger charge is -2.33. The smallest absolute Gasteiger partial charge is 0.259 e. The fourth-order valence-electron chi connectivity index (χ4n) is 3.56. The van der Waals surface area contributed by atoms with E-state index in [2.05, 4.69) is 22.2 Å². The Morgan fingerprint density at radius 1 is 1.48 bits per heavy atom. The van der Waals surface area contributed by atoms with Gasteiger partial charge < -0.3 is 16.0 Å². The summed E-state index contributed by atoms with van der Waals surface area (Å²) in [4.78, 5) is 34.6. The number of carbonyl (C=O) groups is 1. The minimum atomic E-state index is -0.425. The zero-order valence-electron chi connectivity index (χ0n) is 16.6. The highest BCUT2D eigenvalue weighted by Crippen LogP contribution is 2.35. The third kappa shape index (κ3) is 4.09. The molecule has 148 valence electrons. The number of hydrogen-bond donors (Lipinski definition) is 3. The molecule has 1 aliphatic carbocycles. The first-order valence-electron chi connectivity index (χ1n) is 9.78. The molecule has 3 rings (SSSR count). The van der Waals surface area contributed by atoms with Gasteiger partial charge in [0.15, 0.2) is 0 Å². The summed E-state index contributed by atoms with van der Waals surface area (Å²) in [6.07, 6.45) is 3.79. The summed E-state index contributed by atoms with van der Waals surface area (Å²) in [5.41, 5.74) is 6.51. The second-order valence-electron chi connectivity index (χ2n) is 8.37. The average molecular weight is 391 g/mol. The third-order valence-corrected chi connectivity index (χ3v) is 7.07. The van der Waals surface area contributed by atoms with Crippen molar-refractivity contribution in [2.75, 3.05) is 6.54 Å². The highest BCUT2D eigenvalue weighted by atomic mass is 32.1. The number of amides is 1. The molecule has 0 saturated carbocycles. The van der Waals surface area contributed by atoms with E-state index in [9.17, 15) is 9.59 Å². The molecule has 2 heterocycles. The molecule has 4 N–H and O–H groups in total. The van der Waals surface area contributed by atoms with E-state index < -0.39 is 5.54 Å². The molecule has 6 nitrogen and oxygen atoms in total. The standard InChI is InChI=1S/C20H30N4O2S/c1-11(2)20(4,10-21)24-16(25)8-7-15-22-18(26)17-13-6-5-12(3)9-14(13)27-19(17)23-15/h11-12H,5-10,21H2,1-4H3,(H,24,25)(H,22,23,26). The van der Waals surface area contributed by atoms with Crippen molar-refractivity contribution >= 4 is 27.5 Å². The Kier molecular flexibility index (Phi) is 5.72. The maximum Gasteiger partial charge on any atom is 0.259 e. The summed E-state index contributed by atoms with van der Waals surface area (Å²) in [6.45, 7) is 8.68. The highest BCUT2D eigenvalue weighted by Gasteiger charge is 2.28. The van der Waals surface area contributed by atoms with Crippen LogP contribution in [-0.2, 0) is 24.1 Å². The zero-order chi connectivity index (χ0) is 19.8. The zero-order valence-corrected chi connectivity index (χ0v) is 17.5. The summed E-state index contributed by atoms with van der Waals surface area (Å²) < 4.78 is 0. The van der Waals surface area contributed by atoms with Crippen molar-refractivity contribution in [1.29, 1.82) is 0 Å². The van der Waals surface area contributed by atoms with Crippen molar-refractivity contribution in [2.24, 2.45) is 17.6 Å². The molecule has 0 aromatic carbocycles. The minimum Gasteiger partial charge on any atom is -0.349 e. The molecule has 1 aliphatic rings. The van der Waals surface area contributed by atoms with Gasteiger partial charge in [-0.1, -0.05) is 20.8 Å². The van der Waals surface area contributed by atoms with Crippen molar-refractivity contribution in [1.82, 2.24) is 15.3 Å². The van der Waals surface area contributed by atoms with Gasteiger partial charge in [-0.05, 0) is 43.6 Å². The molecule has 27 heavy (non-hydrogen) atoms. The molecule has 0 aliphatic heterocycles. The van der Waals surface area contributed by atoms with Gasteiger partial charge in [-0.3, -0.25) is 9.59 Å². The summed E-state index contributed by atoms with van der Waals surface area (Å²) in [7, 11) is 0. The number of nitrogens with two attached hydrogens (primary N) is 1. The lowest BCUT2D eigenvalue weighted by molar-refractivity contribution is -0.123. The number of thiophene rings is 1. The molecule has 0 spiro atoms. The summed E-state index contributed by atoms with van der Waals surface area (Å²) in [6, 6.07) is 0. The van der Waals surface area contributed by atoms with Gasteiger partial charge in [0, 0.05) is 24.3 Å². The van der Waals surface area contributed by atoms with E-state index in [1.165, 1.54) is 10.4 Å². The van der Waals surface area contributed by atoms with Crippen molar-refractivity contribution < 1.29 is 4.79 Å². The Balaban J connectivity index is 1.75. The molecular weight excluding hydrogens is 360 g/mol. The second-order valence-corrected chi connectivity index (χ2v) is 9.45. The number of nitrogens with zero attached hydrogens (tertiary/aromatic N) is 1. The Morgan fingerprint density at radius 2 is 2.22 bits per heavy atom. The Bertz CT molecular complexity index is 901. The number of hydrogen-bond acceptors (Lipinski definition) is 5. The molecule has 2 atom stereocenters. The van der Waals surface area contributed by atoms with Crippen LogP contribution in [0, 0.1) is 11.8 Å². The first kappa shape index (κ1) is 20.0. The van der Waals surface area contributed by atoms with Gasteiger partial charge in [-0.15, -0.1) is 11.3 Å². The molecule has 2 aromatic heterocycles. The molecule has 2 aromatic rings. The number of carbonyl (C=O) groups excluding carboxylic acids is 1. The number of nitrogens with one attached hydrogen (secondary N) is 2. The molecule has 0 fully saturated rings. The molecular formula is C20H30N4O2S. The van der Waals surface area contributed by atoms with Crippen molar-refractivity contribution in [3.63, 3.8) is 0 Å². The van der Waals surface area contributed by atoms with Crippen LogP contribution in [0.3, 0.4) is 0 Å². The number of H-pyrrole nitrogens is 1. The van der Waals surface area contributed by atoms with E-state index in [0.29, 0.717) is 24.7 Å². The minimum absolute atomic E-state index is 0.0707. The maximum absolute atomic E-state index is 12.6. The Labute approximate surface area is 164 Å². The van der Waals surface area contributed by atoms with Crippen molar-refractivity contribution in [2.45, 2.75) is 65.3 Å². The van der Waals surface area contributed by atoms with Gasteiger partial charge in [-0.25, -0.2) is 4.98 Å². The van der Waals surface area contributed by atoms with Crippen LogP contribution in [-0.4, -0.2) is 28.0 Å². The molecule has 0 bridgehead atoms. The number of fused-ring (bicyclic) bond motifs is 3. The Morgan fingerprint density at radius 3 is 2.89 bits per heavy atom. The van der Waals surface area contributed by atoms with Crippen LogP contribution in [0.5, 0.6) is 0 Å². The van der Waals surface area contributed by atoms with E-state index >= 15 is 0 Å². The monoisotopic (exact) mass is 390 g/mol. The largest absolute Gasteiger partial charge is 0.349 e. The van der Waals surface area contributed by atoms with Crippen molar-refractivity contribution in [3.05, 3.63) is 26.6 Å². The van der Waals surface area contributed by atoms with Gasteiger partial charge in [0.2, 0.25) is 5.91 Å². The summed E-state index contributed by atoms with van der Waals surface area (Å²) >= 11 is 1.64. The quantitative estimate of drug-likeness (QED) is 0.705. The van der Waals surface area contributed by atoms with E-state index in [-0.39, 0.29) is 23.8 Å². The summed E-state index contributed by atoms with van der Waals surface area (Å²) in [5, 5.41) is 3.78. The van der Waals surface area contributed by atoms with Crippen LogP contribution in [0.15, 0.2) is 4.79 Å². The number of aryl methyl sites for hydroxylation is 2. The maximum atomic E-state index is 12.6. The van der Waals surface area contributed by atoms with Crippen LogP contribution < -0.4 is 16.6 Å². The molecule has 0 radical (unpaired) electrons. The lowest BCUT2D eigenvalue weighted by Crippen LogP contribution is -2.55. The SMILES string of the molecule is CC1CCc2c(sc3nc(CCC(=O)NC(C)(CN)C(C)C)[nH]c(=O)c23)C1. The van der Waals surface area contributed by atoms with E-state index in [1.54, 1.807) is 11.3 Å². The lowest BCUT2D eigenvalue weighted by atomic mass is 9.88. The van der Waals surface area contributed by atoms with Gasteiger partial charge in [0.1, 0.15) is 10.7 Å². The van der Waals surface area contributed by atoms with Gasteiger partial charge in [-0.2, -0.15) is 0 Å². The van der Waals surface area contributed by atoms with Crippen LogP contribution >= 0.6 is 11.3 Å². The van der Waals surface area contributed by atoms with Gasteiger partial charge in [0.05, 0.1) is 10.9 Å². The molecule has 2 unspecified atom stereocenters. The molecule has 1 amide bonds. The fourth-order valence-corrected chi connectivity index (χ4v) is 4.96. The Hall–Kier alpha value is -1.73. The fraction of sp³-hybridized carbons (Fsp3) is 0.650. The predicted octanol–water partition coefficient (Wildman–Crippen LogP) is 2.53. The number of aromatic nitrogens is 2. The van der Waals surface area contributed by atoms with Gasteiger partial charge >= 0.3 is 0 Å². The number of aromatic amines is 1. The summed E-state index contributed by atoms with van der Waals surface area (Å²) in [5.74, 6) is 1.40. The first-order chi connectivity index (χ1) is 12.7. The van der Waals surface area contributed by atoms with Crippen LogP contribution in [0.1, 0.15) is 56.8 Å². The topological polar surface area (TPSA) is 101 Å². The first-order valence-corrected chi connectivity index (χ1v) is 10.6.